The lowest BCUT2D eigenvalue weighted by Crippen LogP contribution is -2.46. The number of aryl methyl sites for hydroxylation is 1. The van der Waals surface area contributed by atoms with Gasteiger partial charge in [-0.25, -0.2) is 4.98 Å². The van der Waals surface area contributed by atoms with Gasteiger partial charge in [0.25, 0.3) is 0 Å². The van der Waals surface area contributed by atoms with Crippen LogP contribution in [-0.4, -0.2) is 50.8 Å². The molecule has 1 fully saturated rings. The van der Waals surface area contributed by atoms with Crippen molar-refractivity contribution in [2.45, 2.75) is 13.5 Å². The van der Waals surface area contributed by atoms with E-state index in [1.807, 2.05) is 24.6 Å². The SMILES string of the molecule is Cc1nnc(CN2CCN(c3ccnc(F)c3)CC2)n1C. The van der Waals surface area contributed by atoms with Gasteiger partial charge in [-0.2, -0.15) is 4.39 Å². The van der Waals surface area contributed by atoms with Gasteiger partial charge in [-0.1, -0.05) is 0 Å². The molecule has 0 aromatic carbocycles. The molecule has 7 heteroatoms. The van der Waals surface area contributed by atoms with Gasteiger partial charge in [0.2, 0.25) is 5.95 Å². The predicted molar refractivity (Wildman–Crippen MR) is 77.4 cm³/mol. The molecule has 0 spiro atoms. The molecular weight excluding hydrogens is 271 g/mol. The van der Waals surface area contributed by atoms with Crippen LogP contribution in [0.3, 0.4) is 0 Å². The largest absolute Gasteiger partial charge is 0.369 e. The molecule has 0 saturated carbocycles. The van der Waals surface area contributed by atoms with Crippen molar-refractivity contribution in [1.29, 1.82) is 0 Å². The van der Waals surface area contributed by atoms with E-state index in [9.17, 15) is 4.39 Å². The molecule has 3 heterocycles. The summed E-state index contributed by atoms with van der Waals surface area (Å²) in [6.45, 7) is 6.36. The summed E-state index contributed by atoms with van der Waals surface area (Å²) in [5.74, 6) is 1.48. The number of halogens is 1. The summed E-state index contributed by atoms with van der Waals surface area (Å²) >= 11 is 0. The normalized spacial score (nSPS) is 16.4. The molecule has 6 nitrogen and oxygen atoms in total. The molecule has 0 atom stereocenters. The fourth-order valence-electron chi connectivity index (χ4n) is 2.54. The van der Waals surface area contributed by atoms with Crippen molar-refractivity contribution in [2.24, 2.45) is 7.05 Å². The van der Waals surface area contributed by atoms with Gasteiger partial charge in [0.15, 0.2) is 0 Å². The molecule has 0 N–H and O–H groups in total. The van der Waals surface area contributed by atoms with Crippen LogP contribution in [0.4, 0.5) is 10.1 Å². The van der Waals surface area contributed by atoms with Crippen LogP contribution in [-0.2, 0) is 13.6 Å². The second kappa shape index (κ2) is 5.77. The van der Waals surface area contributed by atoms with Crippen LogP contribution in [0.2, 0.25) is 0 Å². The molecule has 2 aromatic rings. The average molecular weight is 290 g/mol. The number of hydrogen-bond donors (Lipinski definition) is 0. The third kappa shape index (κ3) is 3.02. The highest BCUT2D eigenvalue weighted by atomic mass is 19.1. The molecule has 0 unspecified atom stereocenters. The fraction of sp³-hybridized carbons (Fsp3) is 0.500. The van der Waals surface area contributed by atoms with Crippen molar-refractivity contribution in [3.63, 3.8) is 0 Å². The van der Waals surface area contributed by atoms with Gasteiger partial charge in [0, 0.05) is 51.2 Å². The van der Waals surface area contributed by atoms with Gasteiger partial charge in [-0.3, -0.25) is 4.90 Å². The van der Waals surface area contributed by atoms with Gasteiger partial charge in [0.05, 0.1) is 6.54 Å². The number of aromatic nitrogens is 4. The summed E-state index contributed by atoms with van der Waals surface area (Å²) in [5.41, 5.74) is 0.900. The minimum atomic E-state index is -0.426. The van der Waals surface area contributed by atoms with E-state index >= 15 is 0 Å². The van der Waals surface area contributed by atoms with Crippen LogP contribution in [0.25, 0.3) is 0 Å². The van der Waals surface area contributed by atoms with E-state index in [1.54, 1.807) is 0 Å². The van der Waals surface area contributed by atoms with Crippen molar-refractivity contribution in [3.8, 4) is 0 Å². The number of piperazine rings is 1. The fourth-order valence-corrected chi connectivity index (χ4v) is 2.54. The van der Waals surface area contributed by atoms with Crippen LogP contribution >= 0.6 is 0 Å². The summed E-state index contributed by atoms with van der Waals surface area (Å²) < 4.78 is 15.2. The van der Waals surface area contributed by atoms with E-state index in [0.29, 0.717) is 0 Å². The van der Waals surface area contributed by atoms with Crippen LogP contribution in [0.5, 0.6) is 0 Å². The van der Waals surface area contributed by atoms with Crippen LogP contribution < -0.4 is 4.90 Å². The van der Waals surface area contributed by atoms with Crippen LogP contribution in [0.15, 0.2) is 18.3 Å². The first kappa shape index (κ1) is 13.9. The maximum Gasteiger partial charge on any atom is 0.214 e. The first-order valence-corrected chi connectivity index (χ1v) is 7.07. The Morgan fingerprint density at radius 1 is 1.19 bits per heavy atom. The Bertz CT molecular complexity index is 618. The zero-order chi connectivity index (χ0) is 14.8. The zero-order valence-corrected chi connectivity index (χ0v) is 12.3. The smallest absolute Gasteiger partial charge is 0.214 e. The van der Waals surface area contributed by atoms with E-state index in [-0.39, 0.29) is 0 Å². The van der Waals surface area contributed by atoms with Gasteiger partial charge in [0.1, 0.15) is 11.6 Å². The van der Waals surface area contributed by atoms with E-state index in [4.69, 9.17) is 0 Å². The van der Waals surface area contributed by atoms with E-state index in [2.05, 4.69) is 25.0 Å². The number of pyridine rings is 1. The van der Waals surface area contributed by atoms with E-state index < -0.39 is 5.95 Å². The topological polar surface area (TPSA) is 50.1 Å². The Kier molecular flexibility index (Phi) is 3.83. The van der Waals surface area contributed by atoms with Crippen molar-refractivity contribution < 1.29 is 4.39 Å². The molecule has 0 amide bonds. The second-order valence-corrected chi connectivity index (χ2v) is 5.32. The predicted octanol–water partition coefficient (Wildman–Crippen LogP) is 0.980. The Morgan fingerprint density at radius 3 is 2.57 bits per heavy atom. The van der Waals surface area contributed by atoms with Crippen LogP contribution in [0.1, 0.15) is 11.6 Å². The maximum absolute atomic E-state index is 13.2. The molecule has 1 aliphatic rings. The molecule has 0 bridgehead atoms. The Hall–Kier alpha value is -2.02. The van der Waals surface area contributed by atoms with Crippen molar-refractivity contribution in [3.05, 3.63) is 35.9 Å². The van der Waals surface area contributed by atoms with Gasteiger partial charge < -0.3 is 9.47 Å². The highest BCUT2D eigenvalue weighted by Gasteiger charge is 2.19. The lowest BCUT2D eigenvalue weighted by Gasteiger charge is -2.35. The maximum atomic E-state index is 13.2. The third-order valence-electron chi connectivity index (χ3n) is 4.00. The second-order valence-electron chi connectivity index (χ2n) is 5.32. The molecule has 1 saturated heterocycles. The monoisotopic (exact) mass is 290 g/mol. The minimum absolute atomic E-state index is 0.426. The Labute approximate surface area is 123 Å². The van der Waals surface area contributed by atoms with Crippen molar-refractivity contribution >= 4 is 5.69 Å². The van der Waals surface area contributed by atoms with Gasteiger partial charge in [-0.15, -0.1) is 10.2 Å². The Balaban J connectivity index is 1.59. The van der Waals surface area contributed by atoms with Crippen molar-refractivity contribution in [2.75, 3.05) is 31.1 Å². The number of hydrogen-bond acceptors (Lipinski definition) is 5. The highest BCUT2D eigenvalue weighted by Crippen LogP contribution is 2.17. The summed E-state index contributed by atoms with van der Waals surface area (Å²) in [5, 5.41) is 8.28. The van der Waals surface area contributed by atoms with Crippen molar-refractivity contribution in [1.82, 2.24) is 24.6 Å². The van der Waals surface area contributed by atoms with Gasteiger partial charge >= 0.3 is 0 Å². The molecule has 0 radical (unpaired) electrons. The zero-order valence-electron chi connectivity index (χ0n) is 12.3. The number of nitrogens with zero attached hydrogens (tertiary/aromatic N) is 6. The summed E-state index contributed by atoms with van der Waals surface area (Å²) in [6, 6.07) is 3.34. The van der Waals surface area contributed by atoms with Crippen LogP contribution in [0, 0.1) is 12.9 Å². The molecule has 3 rings (SSSR count). The first-order valence-electron chi connectivity index (χ1n) is 7.07. The lowest BCUT2D eigenvalue weighted by atomic mass is 10.2. The first-order chi connectivity index (χ1) is 10.1. The Morgan fingerprint density at radius 2 is 1.95 bits per heavy atom. The summed E-state index contributed by atoms with van der Waals surface area (Å²) in [4.78, 5) is 8.12. The standard InChI is InChI=1S/C14H19FN6/c1-11-17-18-14(19(11)2)10-20-5-7-21(8-6-20)12-3-4-16-13(15)9-12/h3-4,9H,5-8,10H2,1-2H3. The number of rotatable bonds is 3. The minimum Gasteiger partial charge on any atom is -0.369 e. The summed E-state index contributed by atoms with van der Waals surface area (Å²) in [6.07, 6.45) is 1.51. The molecule has 1 aliphatic heterocycles. The number of anilines is 1. The molecule has 112 valence electrons. The van der Waals surface area contributed by atoms with E-state index in [1.165, 1.54) is 12.3 Å². The summed E-state index contributed by atoms with van der Waals surface area (Å²) in [7, 11) is 1.99. The molecule has 2 aromatic heterocycles. The molecular formula is C14H19FN6. The lowest BCUT2D eigenvalue weighted by molar-refractivity contribution is 0.241. The third-order valence-corrected chi connectivity index (χ3v) is 4.00. The quantitative estimate of drug-likeness (QED) is 0.789. The highest BCUT2D eigenvalue weighted by molar-refractivity contribution is 5.45. The average Bonchev–Trinajstić information content (AvgIpc) is 2.80. The molecule has 21 heavy (non-hydrogen) atoms. The van der Waals surface area contributed by atoms with Gasteiger partial charge in [-0.05, 0) is 13.0 Å². The molecule has 0 aliphatic carbocycles. The van der Waals surface area contributed by atoms with E-state index in [0.717, 1.165) is 50.1 Å².